The van der Waals surface area contributed by atoms with E-state index < -0.39 is 15.6 Å². The van der Waals surface area contributed by atoms with Crippen LogP contribution in [0, 0.1) is 19.3 Å². The van der Waals surface area contributed by atoms with Crippen LogP contribution in [0.4, 0.5) is 13.2 Å². The highest BCUT2D eigenvalue weighted by atomic mass is 32.2. The maximum atomic E-state index is 10.7. The van der Waals surface area contributed by atoms with E-state index in [4.69, 9.17) is 13.0 Å². The van der Waals surface area contributed by atoms with E-state index in [1.165, 1.54) is 23.6 Å². The van der Waals surface area contributed by atoms with Crippen molar-refractivity contribution in [2.24, 2.45) is 5.41 Å². The number of nitrogens with zero attached hydrogens (tertiary/aromatic N) is 3. The van der Waals surface area contributed by atoms with Crippen molar-refractivity contribution in [2.75, 3.05) is 0 Å². The molecule has 1 saturated heterocycles. The zero-order chi connectivity index (χ0) is 26.5. The minimum absolute atomic E-state index is 0.213. The van der Waals surface area contributed by atoms with Crippen LogP contribution >= 0.6 is 0 Å². The fraction of sp³-hybridized carbons (Fsp3) is 0.870. The van der Waals surface area contributed by atoms with Gasteiger partial charge in [-0.2, -0.15) is 13.2 Å². The first-order valence-corrected chi connectivity index (χ1v) is 12.8. The van der Waals surface area contributed by atoms with Gasteiger partial charge in [-0.05, 0) is 67.2 Å². The van der Waals surface area contributed by atoms with E-state index >= 15 is 0 Å². The summed E-state index contributed by atoms with van der Waals surface area (Å²) in [6, 6.07) is 1.91. The molecule has 33 heavy (non-hydrogen) atoms. The number of hydrogen-bond acceptors (Lipinski definition) is 4. The number of alkyl halides is 3. The number of hydrogen-bond donors (Lipinski definition) is 0. The van der Waals surface area contributed by atoms with Gasteiger partial charge in [0.1, 0.15) is 17.4 Å². The second-order valence-corrected chi connectivity index (χ2v) is 12.6. The lowest BCUT2D eigenvalue weighted by Gasteiger charge is -2.39. The molecule has 0 bridgehead atoms. The molecular weight excluding hydrogens is 455 g/mol. The van der Waals surface area contributed by atoms with Gasteiger partial charge in [-0.1, -0.05) is 13.8 Å². The normalized spacial score (nSPS) is 21.1. The van der Waals surface area contributed by atoms with Gasteiger partial charge in [0.05, 0.1) is 12.1 Å². The standard InChI is InChI=1S/C22H42N3.CHF3O3S/c1-14(2)23-17(7)18(8)24(15(3)4)20(23)19-21(9,10)13-22(11,12)25(19)16(5)6;2-1(3,4)8(5,6)7/h14-16,19H,13H2,1-12H3;(H,5,6,7)/q+1;/p-1/t19-;/m1./s1. The Hall–Kier alpha value is -1.13. The number of rotatable bonds is 4. The van der Waals surface area contributed by atoms with Crippen LogP contribution in [0.3, 0.4) is 0 Å². The van der Waals surface area contributed by atoms with Gasteiger partial charge in [0, 0.05) is 25.4 Å². The van der Waals surface area contributed by atoms with Crippen LogP contribution in [0.15, 0.2) is 0 Å². The molecule has 1 aliphatic rings. The summed E-state index contributed by atoms with van der Waals surface area (Å²) in [5.41, 5.74) is -2.35. The van der Waals surface area contributed by atoms with Crippen molar-refractivity contribution >= 4 is 10.1 Å². The fourth-order valence-corrected chi connectivity index (χ4v) is 5.88. The van der Waals surface area contributed by atoms with Gasteiger partial charge >= 0.3 is 5.51 Å². The Morgan fingerprint density at radius 1 is 1.00 bits per heavy atom. The van der Waals surface area contributed by atoms with Crippen LogP contribution in [0.2, 0.25) is 0 Å². The minimum atomic E-state index is -6.09. The third-order valence-electron chi connectivity index (χ3n) is 6.46. The third-order valence-corrected chi connectivity index (χ3v) is 7.03. The molecule has 0 radical (unpaired) electrons. The molecule has 2 heterocycles. The maximum absolute atomic E-state index is 10.7. The fourth-order valence-electron chi connectivity index (χ4n) is 5.88. The average Bonchev–Trinajstić information content (AvgIpc) is 2.91. The number of aromatic nitrogens is 2. The van der Waals surface area contributed by atoms with E-state index in [1.807, 2.05) is 0 Å². The van der Waals surface area contributed by atoms with Gasteiger partial charge in [-0.15, -0.1) is 0 Å². The molecule has 0 N–H and O–H groups in total. The summed E-state index contributed by atoms with van der Waals surface area (Å²) in [5.74, 6) is 1.50. The van der Waals surface area contributed by atoms with Gasteiger partial charge in [-0.3, -0.25) is 4.90 Å². The largest absolute Gasteiger partial charge is 0.741 e. The predicted molar refractivity (Wildman–Crippen MR) is 123 cm³/mol. The Morgan fingerprint density at radius 2 is 1.42 bits per heavy atom. The first kappa shape index (κ1) is 29.9. The Bertz CT molecular complexity index is 915. The quantitative estimate of drug-likeness (QED) is 0.310. The smallest absolute Gasteiger partial charge is 0.485 e. The Balaban J connectivity index is 0.000000582. The van der Waals surface area contributed by atoms with Crippen molar-refractivity contribution in [3.8, 4) is 0 Å². The van der Waals surface area contributed by atoms with Crippen molar-refractivity contribution in [3.05, 3.63) is 17.2 Å². The summed E-state index contributed by atoms with van der Waals surface area (Å²) < 4.78 is 64.1. The summed E-state index contributed by atoms with van der Waals surface area (Å²) >= 11 is 0. The second-order valence-electron chi connectivity index (χ2n) is 11.2. The molecule has 0 aromatic carbocycles. The van der Waals surface area contributed by atoms with E-state index in [0.29, 0.717) is 24.2 Å². The van der Waals surface area contributed by atoms with Gasteiger partial charge in [0.25, 0.3) is 5.82 Å². The molecule has 1 aromatic rings. The number of halogens is 3. The first-order valence-electron chi connectivity index (χ1n) is 11.4. The monoisotopic (exact) mass is 497 g/mol. The highest BCUT2D eigenvalue weighted by Crippen LogP contribution is 2.55. The van der Waals surface area contributed by atoms with Gasteiger partial charge in [0.2, 0.25) is 0 Å². The molecular formula is C23H42F3N3O3S. The first-order chi connectivity index (χ1) is 14.5. The molecule has 194 valence electrons. The lowest BCUT2D eigenvalue weighted by atomic mass is 9.80. The lowest BCUT2D eigenvalue weighted by Crippen LogP contribution is -2.51. The molecule has 0 spiro atoms. The van der Waals surface area contributed by atoms with Gasteiger partial charge in [0.15, 0.2) is 10.1 Å². The molecule has 1 aliphatic heterocycles. The summed E-state index contributed by atoms with van der Waals surface area (Å²) in [5, 5.41) is 0. The zero-order valence-corrected chi connectivity index (χ0v) is 22.9. The van der Waals surface area contributed by atoms with Crippen LogP contribution in [-0.2, 0) is 10.1 Å². The van der Waals surface area contributed by atoms with Crippen molar-refractivity contribution in [3.63, 3.8) is 0 Å². The molecule has 0 aliphatic carbocycles. The maximum Gasteiger partial charge on any atom is 0.485 e. The highest BCUT2D eigenvalue weighted by molar-refractivity contribution is 7.86. The Morgan fingerprint density at radius 3 is 1.73 bits per heavy atom. The van der Waals surface area contributed by atoms with E-state index in [9.17, 15) is 13.2 Å². The highest BCUT2D eigenvalue weighted by Gasteiger charge is 2.57. The Labute approximate surface area is 197 Å². The van der Waals surface area contributed by atoms with Crippen molar-refractivity contribution < 1.29 is 30.7 Å². The molecule has 0 saturated carbocycles. The zero-order valence-electron chi connectivity index (χ0n) is 22.1. The third kappa shape index (κ3) is 5.93. The summed E-state index contributed by atoms with van der Waals surface area (Å²) in [4.78, 5) is 2.78. The Kier molecular flexibility index (Phi) is 8.60. The topological polar surface area (TPSA) is 69.2 Å². The molecule has 1 aromatic heterocycles. The van der Waals surface area contributed by atoms with Crippen molar-refractivity contribution in [2.45, 2.75) is 125 Å². The SMILES string of the molecule is Cc1c(C)[n+](C(C)C)c([C@H]2N(C(C)C)C(C)(C)CC2(C)C)n1C(C)C.O=S(=O)([O-])C(F)(F)F. The van der Waals surface area contributed by atoms with E-state index in [2.05, 4.69) is 97.1 Å². The van der Waals surface area contributed by atoms with Crippen LogP contribution in [0.25, 0.3) is 0 Å². The molecule has 6 nitrogen and oxygen atoms in total. The minimum Gasteiger partial charge on any atom is -0.741 e. The second kappa shape index (κ2) is 9.49. The molecule has 0 unspecified atom stereocenters. The van der Waals surface area contributed by atoms with Crippen LogP contribution in [0.1, 0.15) is 111 Å². The van der Waals surface area contributed by atoms with Crippen molar-refractivity contribution in [1.82, 2.24) is 9.47 Å². The van der Waals surface area contributed by atoms with Gasteiger partial charge < -0.3 is 4.55 Å². The molecule has 2 rings (SSSR count). The van der Waals surface area contributed by atoms with Crippen molar-refractivity contribution in [1.29, 1.82) is 0 Å². The van der Waals surface area contributed by atoms with Crippen LogP contribution in [-0.4, -0.2) is 39.5 Å². The molecule has 1 fully saturated rings. The summed E-state index contributed by atoms with van der Waals surface area (Å²) in [7, 11) is -6.09. The molecule has 1 atom stereocenters. The van der Waals surface area contributed by atoms with Crippen LogP contribution in [0.5, 0.6) is 0 Å². The average molecular weight is 498 g/mol. The molecule has 10 heteroatoms. The number of imidazole rings is 1. The summed E-state index contributed by atoms with van der Waals surface area (Å²) in [6.45, 7) is 28.4. The molecule has 0 amide bonds. The van der Waals surface area contributed by atoms with E-state index in [0.717, 1.165) is 0 Å². The van der Waals surface area contributed by atoms with E-state index in [1.54, 1.807) is 0 Å². The van der Waals surface area contributed by atoms with E-state index in [-0.39, 0.29) is 11.0 Å². The predicted octanol–water partition coefficient (Wildman–Crippen LogP) is 5.57. The number of likely N-dealkylation sites (tertiary alicyclic amines) is 1. The van der Waals surface area contributed by atoms with Gasteiger partial charge in [-0.25, -0.2) is 17.6 Å². The summed E-state index contributed by atoms with van der Waals surface area (Å²) in [6.07, 6.45) is 1.22. The van der Waals surface area contributed by atoms with Crippen LogP contribution < -0.4 is 4.57 Å². The lowest BCUT2D eigenvalue weighted by molar-refractivity contribution is -0.731.